The van der Waals surface area contributed by atoms with Crippen LogP contribution in [-0.2, 0) is 0 Å². The maximum absolute atomic E-state index is 5.61. The first-order valence-electron chi connectivity index (χ1n) is 7.35. The zero-order valence-corrected chi connectivity index (χ0v) is 13.6. The molecule has 1 aromatic heterocycles. The molecule has 1 heterocycles. The molecule has 0 fully saturated rings. The molecule has 0 aromatic carbocycles. The van der Waals surface area contributed by atoms with Crippen LogP contribution in [0.15, 0.2) is 6.07 Å². The van der Waals surface area contributed by atoms with Gasteiger partial charge in [0.05, 0.1) is 6.10 Å². The standard InChI is InChI=1S/C15H28N4O/c1-11(2)19(6)9-7-8-16-15-17-13(5)10-14(18-15)20-12(3)4/h10-12H,7-9H2,1-6H3,(H,16,17,18). The van der Waals surface area contributed by atoms with Gasteiger partial charge in [0.1, 0.15) is 0 Å². The van der Waals surface area contributed by atoms with Gasteiger partial charge in [0.15, 0.2) is 0 Å². The van der Waals surface area contributed by atoms with Gasteiger partial charge in [-0.2, -0.15) is 4.98 Å². The summed E-state index contributed by atoms with van der Waals surface area (Å²) >= 11 is 0. The van der Waals surface area contributed by atoms with Crippen LogP contribution in [0.2, 0.25) is 0 Å². The van der Waals surface area contributed by atoms with Gasteiger partial charge in [-0.05, 0) is 54.6 Å². The molecule has 5 nitrogen and oxygen atoms in total. The van der Waals surface area contributed by atoms with Crippen LogP contribution in [-0.4, -0.2) is 47.2 Å². The Kier molecular flexibility index (Phi) is 6.71. The number of ether oxygens (including phenoxy) is 1. The fourth-order valence-electron chi connectivity index (χ4n) is 1.71. The molecule has 0 bridgehead atoms. The average Bonchev–Trinajstić information content (AvgIpc) is 2.32. The third-order valence-electron chi connectivity index (χ3n) is 3.04. The second kappa shape index (κ2) is 8.04. The number of hydrogen-bond donors (Lipinski definition) is 1. The number of anilines is 1. The molecule has 1 N–H and O–H groups in total. The molecule has 0 saturated heterocycles. The number of aryl methyl sites for hydroxylation is 1. The summed E-state index contributed by atoms with van der Waals surface area (Å²) in [5, 5.41) is 3.26. The predicted molar refractivity (Wildman–Crippen MR) is 83.4 cm³/mol. The van der Waals surface area contributed by atoms with Gasteiger partial charge in [-0.1, -0.05) is 0 Å². The van der Waals surface area contributed by atoms with E-state index in [1.54, 1.807) is 0 Å². The molecule has 0 radical (unpaired) electrons. The quantitative estimate of drug-likeness (QED) is 0.742. The molecule has 1 rings (SSSR count). The van der Waals surface area contributed by atoms with Gasteiger partial charge < -0.3 is 15.0 Å². The maximum Gasteiger partial charge on any atom is 0.226 e. The Labute approximate surface area is 122 Å². The summed E-state index contributed by atoms with van der Waals surface area (Å²) in [4.78, 5) is 11.1. The van der Waals surface area contributed by atoms with Crippen LogP contribution >= 0.6 is 0 Å². The van der Waals surface area contributed by atoms with Crippen molar-refractivity contribution in [3.05, 3.63) is 11.8 Å². The lowest BCUT2D eigenvalue weighted by Gasteiger charge is -2.20. The van der Waals surface area contributed by atoms with Gasteiger partial charge in [0.2, 0.25) is 11.8 Å². The molecule has 0 saturated carbocycles. The Bertz CT molecular complexity index is 407. The first kappa shape index (κ1) is 16.7. The van der Waals surface area contributed by atoms with E-state index in [1.807, 2.05) is 26.8 Å². The monoisotopic (exact) mass is 280 g/mol. The smallest absolute Gasteiger partial charge is 0.226 e. The number of nitrogens with zero attached hydrogens (tertiary/aromatic N) is 3. The summed E-state index contributed by atoms with van der Waals surface area (Å²) in [5.41, 5.74) is 0.914. The molecule has 20 heavy (non-hydrogen) atoms. The van der Waals surface area contributed by atoms with E-state index < -0.39 is 0 Å². The largest absolute Gasteiger partial charge is 0.475 e. The van der Waals surface area contributed by atoms with Gasteiger partial charge in [-0.25, -0.2) is 4.98 Å². The van der Waals surface area contributed by atoms with E-state index in [2.05, 4.69) is 41.1 Å². The zero-order chi connectivity index (χ0) is 15.1. The lowest BCUT2D eigenvalue weighted by molar-refractivity contribution is 0.232. The van der Waals surface area contributed by atoms with Gasteiger partial charge >= 0.3 is 0 Å². The Morgan fingerprint density at radius 3 is 2.55 bits per heavy atom. The summed E-state index contributed by atoms with van der Waals surface area (Å²) in [6.45, 7) is 12.3. The van der Waals surface area contributed by atoms with Crippen LogP contribution in [0.5, 0.6) is 5.88 Å². The highest BCUT2D eigenvalue weighted by Gasteiger charge is 2.05. The SMILES string of the molecule is Cc1cc(OC(C)C)nc(NCCCN(C)C(C)C)n1. The lowest BCUT2D eigenvalue weighted by atomic mass is 10.3. The molecule has 0 spiro atoms. The van der Waals surface area contributed by atoms with Crippen molar-refractivity contribution < 1.29 is 4.74 Å². The first-order chi connectivity index (χ1) is 9.38. The predicted octanol–water partition coefficient (Wildman–Crippen LogP) is 2.71. The summed E-state index contributed by atoms with van der Waals surface area (Å²) < 4.78 is 5.61. The third kappa shape index (κ3) is 6.19. The minimum atomic E-state index is 0.122. The third-order valence-corrected chi connectivity index (χ3v) is 3.04. The Morgan fingerprint density at radius 2 is 1.95 bits per heavy atom. The molecule has 1 aromatic rings. The second-order valence-electron chi connectivity index (χ2n) is 5.69. The molecule has 114 valence electrons. The minimum Gasteiger partial charge on any atom is -0.475 e. The summed E-state index contributed by atoms with van der Waals surface area (Å²) in [7, 11) is 2.14. The summed E-state index contributed by atoms with van der Waals surface area (Å²) in [5.74, 6) is 1.28. The van der Waals surface area contributed by atoms with Crippen molar-refractivity contribution >= 4 is 5.95 Å². The van der Waals surface area contributed by atoms with Crippen molar-refractivity contribution in [1.29, 1.82) is 0 Å². The molecule has 0 aliphatic carbocycles. The van der Waals surface area contributed by atoms with Gasteiger partial charge in [0.25, 0.3) is 0 Å². The fraction of sp³-hybridized carbons (Fsp3) is 0.733. The van der Waals surface area contributed by atoms with E-state index in [4.69, 9.17) is 4.74 Å². The number of hydrogen-bond acceptors (Lipinski definition) is 5. The average molecular weight is 280 g/mol. The van der Waals surface area contributed by atoms with E-state index in [-0.39, 0.29) is 6.10 Å². The Hall–Kier alpha value is -1.36. The Morgan fingerprint density at radius 1 is 1.25 bits per heavy atom. The molecule has 0 aliphatic heterocycles. The van der Waals surface area contributed by atoms with Crippen molar-refractivity contribution in [2.45, 2.75) is 53.2 Å². The van der Waals surface area contributed by atoms with Crippen LogP contribution < -0.4 is 10.1 Å². The number of nitrogens with one attached hydrogen (secondary N) is 1. The molecule has 0 unspecified atom stereocenters. The van der Waals surface area contributed by atoms with Gasteiger partial charge in [-0.3, -0.25) is 0 Å². The van der Waals surface area contributed by atoms with E-state index in [9.17, 15) is 0 Å². The zero-order valence-electron chi connectivity index (χ0n) is 13.6. The number of rotatable bonds is 8. The minimum absolute atomic E-state index is 0.122. The van der Waals surface area contributed by atoms with Crippen LogP contribution in [0.25, 0.3) is 0 Å². The van der Waals surface area contributed by atoms with Crippen molar-refractivity contribution in [2.75, 3.05) is 25.5 Å². The van der Waals surface area contributed by atoms with Crippen LogP contribution in [0.3, 0.4) is 0 Å². The number of aromatic nitrogens is 2. The molecular weight excluding hydrogens is 252 g/mol. The lowest BCUT2D eigenvalue weighted by Crippen LogP contribution is -2.28. The van der Waals surface area contributed by atoms with Gasteiger partial charge in [-0.15, -0.1) is 0 Å². The van der Waals surface area contributed by atoms with Crippen molar-refractivity contribution in [2.24, 2.45) is 0 Å². The highest BCUT2D eigenvalue weighted by molar-refractivity contribution is 5.30. The van der Waals surface area contributed by atoms with E-state index in [1.165, 1.54) is 0 Å². The van der Waals surface area contributed by atoms with E-state index >= 15 is 0 Å². The maximum atomic E-state index is 5.61. The van der Waals surface area contributed by atoms with Crippen LogP contribution in [0, 0.1) is 6.92 Å². The summed E-state index contributed by atoms with van der Waals surface area (Å²) in [6, 6.07) is 2.44. The first-order valence-corrected chi connectivity index (χ1v) is 7.35. The topological polar surface area (TPSA) is 50.3 Å². The molecule has 0 aliphatic rings. The molecular formula is C15H28N4O. The van der Waals surface area contributed by atoms with Gasteiger partial charge in [0, 0.05) is 24.3 Å². The highest BCUT2D eigenvalue weighted by Crippen LogP contribution is 2.13. The fourth-order valence-corrected chi connectivity index (χ4v) is 1.71. The second-order valence-corrected chi connectivity index (χ2v) is 5.69. The van der Waals surface area contributed by atoms with Crippen molar-refractivity contribution in [3.63, 3.8) is 0 Å². The van der Waals surface area contributed by atoms with E-state index in [0.717, 1.165) is 25.2 Å². The highest BCUT2D eigenvalue weighted by atomic mass is 16.5. The molecule has 0 amide bonds. The van der Waals surface area contributed by atoms with Crippen molar-refractivity contribution in [1.82, 2.24) is 14.9 Å². The summed E-state index contributed by atoms with van der Waals surface area (Å²) in [6.07, 6.45) is 1.18. The van der Waals surface area contributed by atoms with E-state index in [0.29, 0.717) is 17.9 Å². The van der Waals surface area contributed by atoms with Crippen LogP contribution in [0.1, 0.15) is 39.8 Å². The van der Waals surface area contributed by atoms with Crippen LogP contribution in [0.4, 0.5) is 5.95 Å². The Balaban J connectivity index is 2.45. The molecule has 5 heteroatoms. The van der Waals surface area contributed by atoms with Crippen molar-refractivity contribution in [3.8, 4) is 5.88 Å². The molecule has 0 atom stereocenters. The normalized spacial score (nSPS) is 11.4.